The van der Waals surface area contributed by atoms with Crippen molar-refractivity contribution in [2.75, 3.05) is 0 Å². The van der Waals surface area contributed by atoms with Gasteiger partial charge < -0.3 is 0 Å². The van der Waals surface area contributed by atoms with E-state index >= 15 is 0 Å². The number of aromatic nitrogens is 2. The molecule has 0 saturated carbocycles. The zero-order valence-electron chi connectivity index (χ0n) is 29.2. The number of rotatable bonds is 3. The molecule has 248 valence electrons. The molecular formula is C49H36N2S. The van der Waals surface area contributed by atoms with Crippen molar-refractivity contribution in [1.29, 1.82) is 0 Å². The molecule has 0 N–H and O–H groups in total. The molecule has 3 aliphatic carbocycles. The maximum atomic E-state index is 4.85. The van der Waals surface area contributed by atoms with Gasteiger partial charge in [-0.15, -0.1) is 0 Å². The molecule has 0 amide bonds. The molecule has 2 nitrogen and oxygen atoms in total. The van der Waals surface area contributed by atoms with Gasteiger partial charge in [0.25, 0.3) is 0 Å². The van der Waals surface area contributed by atoms with Crippen LogP contribution in [0.2, 0.25) is 0 Å². The summed E-state index contributed by atoms with van der Waals surface area (Å²) in [6.07, 6.45) is 15.1. The summed E-state index contributed by atoms with van der Waals surface area (Å²) in [4.78, 5) is 12.6. The largest absolute Gasteiger partial charge is 0.253 e. The first-order valence-corrected chi connectivity index (χ1v) is 19.2. The molecule has 2 unspecified atom stereocenters. The Hall–Kier alpha value is -5.51. The second-order valence-corrected chi connectivity index (χ2v) is 16.3. The minimum absolute atomic E-state index is 0.107. The van der Waals surface area contributed by atoms with Crippen LogP contribution in [0, 0.1) is 0 Å². The fraction of sp³-hybridized carbons (Fsp3) is 0.143. The average molecular weight is 685 g/mol. The van der Waals surface area contributed by atoms with Crippen molar-refractivity contribution < 1.29 is 0 Å². The van der Waals surface area contributed by atoms with Gasteiger partial charge in [-0.3, -0.25) is 9.97 Å². The van der Waals surface area contributed by atoms with Gasteiger partial charge in [0, 0.05) is 44.8 Å². The van der Waals surface area contributed by atoms with E-state index in [4.69, 9.17) is 9.97 Å². The fourth-order valence-electron chi connectivity index (χ4n) is 9.44. The topological polar surface area (TPSA) is 25.8 Å². The number of fused-ring (bicyclic) bond motifs is 12. The van der Waals surface area contributed by atoms with Crippen LogP contribution in [-0.4, -0.2) is 9.97 Å². The summed E-state index contributed by atoms with van der Waals surface area (Å²) in [5.41, 5.74) is 18.1. The number of allylic oxidation sites excluding steroid dienone is 5. The summed E-state index contributed by atoms with van der Waals surface area (Å²) in [7, 11) is 0. The highest BCUT2D eigenvalue weighted by molar-refractivity contribution is 8.03. The minimum Gasteiger partial charge on any atom is -0.253 e. The second-order valence-electron chi connectivity index (χ2n) is 15.2. The Morgan fingerprint density at radius 3 is 2.27 bits per heavy atom. The summed E-state index contributed by atoms with van der Waals surface area (Å²) >= 11 is 1.97. The van der Waals surface area contributed by atoms with Gasteiger partial charge in [-0.2, -0.15) is 0 Å². The van der Waals surface area contributed by atoms with Gasteiger partial charge in [0.2, 0.25) is 0 Å². The van der Waals surface area contributed by atoms with Crippen LogP contribution in [0.3, 0.4) is 0 Å². The number of hydrogen-bond acceptors (Lipinski definition) is 3. The first-order chi connectivity index (χ1) is 25.5. The molecule has 52 heavy (non-hydrogen) atoms. The Bertz CT molecular complexity index is 2760. The lowest BCUT2D eigenvalue weighted by Crippen LogP contribution is -2.15. The molecule has 2 atom stereocenters. The lowest BCUT2D eigenvalue weighted by molar-refractivity contribution is 0.660. The Kier molecular flexibility index (Phi) is 6.52. The Balaban J connectivity index is 0.933. The molecule has 0 bridgehead atoms. The molecule has 0 spiro atoms. The highest BCUT2D eigenvalue weighted by atomic mass is 32.2. The maximum absolute atomic E-state index is 4.85. The van der Waals surface area contributed by atoms with Crippen molar-refractivity contribution in [1.82, 2.24) is 9.97 Å². The van der Waals surface area contributed by atoms with Crippen molar-refractivity contribution in [2.24, 2.45) is 0 Å². The van der Waals surface area contributed by atoms with Crippen LogP contribution in [0.1, 0.15) is 71.0 Å². The highest BCUT2D eigenvalue weighted by Gasteiger charge is 2.37. The average Bonchev–Trinajstić information content (AvgIpc) is 3.69. The van der Waals surface area contributed by atoms with Crippen LogP contribution in [0.5, 0.6) is 0 Å². The van der Waals surface area contributed by atoms with E-state index in [1.54, 1.807) is 0 Å². The Morgan fingerprint density at radius 1 is 0.673 bits per heavy atom. The van der Waals surface area contributed by atoms with Crippen molar-refractivity contribution >= 4 is 45.2 Å². The third kappa shape index (κ3) is 4.39. The second kappa shape index (κ2) is 11.2. The zero-order valence-corrected chi connectivity index (χ0v) is 30.0. The zero-order chi connectivity index (χ0) is 34.6. The normalized spacial score (nSPS) is 19.0. The van der Waals surface area contributed by atoms with Crippen LogP contribution < -0.4 is 0 Å². The van der Waals surface area contributed by atoms with E-state index in [0.717, 1.165) is 23.9 Å². The van der Waals surface area contributed by atoms with Gasteiger partial charge in [-0.25, -0.2) is 0 Å². The van der Waals surface area contributed by atoms with Gasteiger partial charge in [-0.05, 0) is 103 Å². The Morgan fingerprint density at radius 2 is 1.40 bits per heavy atom. The number of nitrogens with zero attached hydrogens (tertiary/aromatic N) is 2. The predicted octanol–water partition coefficient (Wildman–Crippen LogP) is 12.7. The van der Waals surface area contributed by atoms with Crippen molar-refractivity contribution in [3.8, 4) is 22.3 Å². The molecule has 0 saturated heterocycles. The predicted molar refractivity (Wildman–Crippen MR) is 218 cm³/mol. The molecular weight excluding hydrogens is 649 g/mol. The number of benzene rings is 6. The lowest BCUT2D eigenvalue weighted by atomic mass is 9.80. The van der Waals surface area contributed by atoms with E-state index in [1.807, 2.05) is 24.2 Å². The number of thioether (sulfide) groups is 1. The molecule has 3 heteroatoms. The van der Waals surface area contributed by atoms with Crippen LogP contribution in [0.4, 0.5) is 0 Å². The third-order valence-corrected chi connectivity index (χ3v) is 13.4. The van der Waals surface area contributed by atoms with Gasteiger partial charge >= 0.3 is 0 Å². The molecule has 2 heterocycles. The molecule has 0 fully saturated rings. The Labute approximate surface area is 308 Å². The first kappa shape index (κ1) is 30.1. The van der Waals surface area contributed by atoms with Gasteiger partial charge in [0.05, 0.1) is 11.0 Å². The van der Waals surface area contributed by atoms with Gasteiger partial charge in [0.15, 0.2) is 0 Å². The standard InChI is InChI=1S/C49H36N2S/c1-49(2)43-27-32(18-21-37(43)38-22-19-33(28-44(38)49)34-14-8-15-41-39-12-5-6-16-45(39)52-48(34)41)30-10-7-9-29(25-30)31-17-20-36-35-11-3-4-13-40(35)46-47(42(36)26-31)51-24-23-50-46/h3-14,16-25,27-28,31,41H,15,26H2,1-2H3. The molecule has 4 aliphatic rings. The highest BCUT2D eigenvalue weighted by Crippen LogP contribution is 2.56. The van der Waals surface area contributed by atoms with Crippen LogP contribution >= 0.6 is 11.8 Å². The van der Waals surface area contributed by atoms with E-state index < -0.39 is 0 Å². The van der Waals surface area contributed by atoms with Crippen molar-refractivity contribution in [3.05, 3.63) is 184 Å². The van der Waals surface area contributed by atoms with E-state index in [2.05, 4.69) is 147 Å². The molecule has 11 rings (SSSR count). The summed E-state index contributed by atoms with van der Waals surface area (Å²) < 4.78 is 0. The monoisotopic (exact) mass is 684 g/mol. The van der Waals surface area contributed by atoms with Gasteiger partial charge in [-0.1, -0.05) is 141 Å². The van der Waals surface area contributed by atoms with Gasteiger partial charge in [0.1, 0.15) is 0 Å². The van der Waals surface area contributed by atoms with Crippen LogP contribution in [0.15, 0.2) is 150 Å². The first-order valence-electron chi connectivity index (χ1n) is 18.4. The fourth-order valence-corrected chi connectivity index (χ4v) is 10.8. The summed E-state index contributed by atoms with van der Waals surface area (Å²) in [5, 5.41) is 2.42. The molecule has 1 aromatic heterocycles. The van der Waals surface area contributed by atoms with E-state index in [-0.39, 0.29) is 11.3 Å². The molecule has 1 aliphatic heterocycles. The van der Waals surface area contributed by atoms with E-state index in [9.17, 15) is 0 Å². The molecule has 7 aromatic rings. The number of hydrogen-bond donors (Lipinski definition) is 0. The van der Waals surface area contributed by atoms with Crippen molar-refractivity contribution in [3.63, 3.8) is 0 Å². The SMILES string of the molecule is CC1(C)c2cc(C3=C4Sc5ccccc5C4CC=C3)ccc2-c2ccc(-c3cccc(C4C=Cc5c(c6nccnc6c6ccccc56)C4)c3)cc21. The maximum Gasteiger partial charge on any atom is 0.0968 e. The molecule has 6 aromatic carbocycles. The third-order valence-electron chi connectivity index (χ3n) is 12.1. The molecule has 0 radical (unpaired) electrons. The van der Waals surface area contributed by atoms with E-state index in [0.29, 0.717) is 5.92 Å². The summed E-state index contributed by atoms with van der Waals surface area (Å²) in [5.74, 6) is 0.742. The minimum atomic E-state index is -0.107. The lowest BCUT2D eigenvalue weighted by Gasteiger charge is -2.24. The van der Waals surface area contributed by atoms with Crippen LogP contribution in [0.25, 0.3) is 55.7 Å². The summed E-state index contributed by atoms with van der Waals surface area (Å²) in [6.45, 7) is 4.81. The smallest absolute Gasteiger partial charge is 0.0968 e. The van der Waals surface area contributed by atoms with Crippen molar-refractivity contribution in [2.45, 2.75) is 48.8 Å². The van der Waals surface area contributed by atoms with E-state index in [1.165, 1.54) is 87.3 Å². The summed E-state index contributed by atoms with van der Waals surface area (Å²) in [6, 6.07) is 41.1. The van der Waals surface area contributed by atoms with Crippen LogP contribution in [-0.2, 0) is 11.8 Å². The quantitative estimate of drug-likeness (QED) is 0.173.